The zero-order chi connectivity index (χ0) is 16.5. The number of nitrogens with one attached hydrogen (secondary N) is 1. The summed E-state index contributed by atoms with van der Waals surface area (Å²) >= 11 is 0. The third kappa shape index (κ3) is 2.54. The molecular weight excluding hydrogens is 314 g/mol. The zero-order valence-corrected chi connectivity index (χ0v) is 13.0. The number of hydrogen-bond donors (Lipinski definition) is 1. The molecule has 2 aromatic rings. The molecule has 24 heavy (non-hydrogen) atoms. The van der Waals surface area contributed by atoms with Gasteiger partial charge in [0.15, 0.2) is 23.0 Å². The first-order valence-electron chi connectivity index (χ1n) is 7.43. The molecule has 0 bridgehead atoms. The standard InChI is InChI=1S/C17H15NO6/c1-20-17(19)11-7-15-16(22-5-4-21-15)8-12(11)18-10-2-3-13-14(6-10)24-9-23-13/h2-3,6-8,18H,4-5,9H2,1H3. The lowest BCUT2D eigenvalue weighted by Gasteiger charge is -2.21. The lowest BCUT2D eigenvalue weighted by molar-refractivity contribution is 0.0601. The monoisotopic (exact) mass is 329 g/mol. The molecule has 2 heterocycles. The van der Waals surface area contributed by atoms with Crippen LogP contribution >= 0.6 is 0 Å². The number of anilines is 2. The zero-order valence-electron chi connectivity index (χ0n) is 13.0. The Labute approximate surface area is 138 Å². The summed E-state index contributed by atoms with van der Waals surface area (Å²) in [6.07, 6.45) is 0. The molecular formula is C17H15NO6. The second kappa shape index (κ2) is 5.84. The average molecular weight is 329 g/mol. The Morgan fingerprint density at radius 1 is 0.958 bits per heavy atom. The lowest BCUT2D eigenvalue weighted by Crippen LogP contribution is -2.17. The Morgan fingerprint density at radius 3 is 2.46 bits per heavy atom. The van der Waals surface area contributed by atoms with E-state index in [9.17, 15) is 4.79 Å². The second-order valence-corrected chi connectivity index (χ2v) is 5.23. The maximum Gasteiger partial charge on any atom is 0.340 e. The van der Waals surface area contributed by atoms with Gasteiger partial charge in [0, 0.05) is 23.9 Å². The quantitative estimate of drug-likeness (QED) is 0.868. The van der Waals surface area contributed by atoms with Gasteiger partial charge < -0.3 is 29.0 Å². The highest BCUT2D eigenvalue weighted by Gasteiger charge is 2.21. The fourth-order valence-corrected chi connectivity index (χ4v) is 2.60. The molecule has 2 aliphatic heterocycles. The van der Waals surface area contributed by atoms with Crippen LogP contribution in [-0.4, -0.2) is 33.1 Å². The first kappa shape index (κ1) is 14.5. The predicted molar refractivity (Wildman–Crippen MR) is 84.6 cm³/mol. The molecule has 0 saturated carbocycles. The number of carbonyl (C=O) groups is 1. The first-order valence-corrected chi connectivity index (χ1v) is 7.43. The van der Waals surface area contributed by atoms with Gasteiger partial charge >= 0.3 is 5.97 Å². The molecule has 0 spiro atoms. The third-order valence-corrected chi connectivity index (χ3v) is 3.74. The molecule has 0 amide bonds. The van der Waals surface area contributed by atoms with E-state index in [1.165, 1.54) is 7.11 Å². The molecule has 1 N–H and O–H groups in total. The number of fused-ring (bicyclic) bond motifs is 2. The van der Waals surface area contributed by atoms with Gasteiger partial charge in [0.05, 0.1) is 18.4 Å². The van der Waals surface area contributed by atoms with Crippen molar-refractivity contribution >= 4 is 17.3 Å². The van der Waals surface area contributed by atoms with Crippen LogP contribution in [0.5, 0.6) is 23.0 Å². The van der Waals surface area contributed by atoms with Gasteiger partial charge in [0.1, 0.15) is 13.2 Å². The van der Waals surface area contributed by atoms with E-state index in [2.05, 4.69) is 5.32 Å². The van der Waals surface area contributed by atoms with Crippen molar-refractivity contribution in [3.63, 3.8) is 0 Å². The summed E-state index contributed by atoms with van der Waals surface area (Å²) in [5, 5.41) is 3.20. The molecule has 7 nitrogen and oxygen atoms in total. The van der Waals surface area contributed by atoms with Crippen molar-refractivity contribution in [1.82, 2.24) is 0 Å². The van der Waals surface area contributed by atoms with Crippen molar-refractivity contribution in [2.75, 3.05) is 32.4 Å². The maximum atomic E-state index is 12.1. The number of ether oxygens (including phenoxy) is 5. The molecule has 124 valence electrons. The third-order valence-electron chi connectivity index (χ3n) is 3.74. The first-order chi connectivity index (χ1) is 11.7. The number of carbonyl (C=O) groups excluding carboxylic acids is 1. The van der Waals surface area contributed by atoms with E-state index >= 15 is 0 Å². The molecule has 0 atom stereocenters. The Balaban J connectivity index is 1.71. The maximum absolute atomic E-state index is 12.1. The highest BCUT2D eigenvalue weighted by atomic mass is 16.7. The smallest absolute Gasteiger partial charge is 0.340 e. The van der Waals surface area contributed by atoms with E-state index < -0.39 is 5.97 Å². The van der Waals surface area contributed by atoms with Crippen molar-refractivity contribution in [2.24, 2.45) is 0 Å². The summed E-state index contributed by atoms with van der Waals surface area (Å²) in [6, 6.07) is 8.80. The average Bonchev–Trinajstić information content (AvgIpc) is 3.08. The SMILES string of the molecule is COC(=O)c1cc2c(cc1Nc1ccc3c(c1)OCO3)OCCO2. The van der Waals surface area contributed by atoms with Crippen LogP contribution in [0.1, 0.15) is 10.4 Å². The van der Waals surface area contributed by atoms with Gasteiger partial charge in [0.2, 0.25) is 6.79 Å². The molecule has 2 aliphatic rings. The molecule has 0 aromatic heterocycles. The van der Waals surface area contributed by atoms with Gasteiger partial charge in [-0.1, -0.05) is 0 Å². The van der Waals surface area contributed by atoms with Gasteiger partial charge in [-0.3, -0.25) is 0 Å². The van der Waals surface area contributed by atoms with Gasteiger partial charge in [-0.15, -0.1) is 0 Å². The Kier molecular flexibility index (Phi) is 3.53. The summed E-state index contributed by atoms with van der Waals surface area (Å²) in [6.45, 7) is 1.12. The topological polar surface area (TPSA) is 75.3 Å². The Morgan fingerprint density at radius 2 is 1.67 bits per heavy atom. The van der Waals surface area contributed by atoms with E-state index in [1.54, 1.807) is 24.3 Å². The highest BCUT2D eigenvalue weighted by Crippen LogP contribution is 2.39. The number of esters is 1. The molecule has 0 radical (unpaired) electrons. The molecule has 0 aliphatic carbocycles. The van der Waals surface area contributed by atoms with Gasteiger partial charge in [0.25, 0.3) is 0 Å². The van der Waals surface area contributed by atoms with E-state index in [0.29, 0.717) is 47.5 Å². The van der Waals surface area contributed by atoms with Crippen molar-refractivity contribution in [2.45, 2.75) is 0 Å². The molecule has 0 unspecified atom stereocenters. The van der Waals surface area contributed by atoms with E-state index in [0.717, 1.165) is 5.69 Å². The summed E-state index contributed by atoms with van der Waals surface area (Å²) in [7, 11) is 1.34. The molecule has 4 rings (SSSR count). The van der Waals surface area contributed by atoms with Gasteiger partial charge in [-0.25, -0.2) is 4.79 Å². The van der Waals surface area contributed by atoms with Crippen LogP contribution in [0.4, 0.5) is 11.4 Å². The minimum Gasteiger partial charge on any atom is -0.486 e. The van der Waals surface area contributed by atoms with Gasteiger partial charge in [-0.2, -0.15) is 0 Å². The Bertz CT molecular complexity index is 804. The fourth-order valence-electron chi connectivity index (χ4n) is 2.60. The Hall–Kier alpha value is -3.09. The van der Waals surface area contributed by atoms with Crippen LogP contribution in [0.25, 0.3) is 0 Å². The molecule has 0 fully saturated rings. The number of methoxy groups -OCH3 is 1. The highest BCUT2D eigenvalue weighted by molar-refractivity contribution is 5.97. The summed E-state index contributed by atoms with van der Waals surface area (Å²) in [5.41, 5.74) is 1.67. The van der Waals surface area contributed by atoms with Crippen LogP contribution in [-0.2, 0) is 4.74 Å². The van der Waals surface area contributed by atoms with Crippen molar-refractivity contribution < 1.29 is 28.5 Å². The normalized spacial score (nSPS) is 14.2. The van der Waals surface area contributed by atoms with E-state index in [1.807, 2.05) is 6.07 Å². The fraction of sp³-hybridized carbons (Fsp3) is 0.235. The van der Waals surface area contributed by atoms with Crippen LogP contribution in [0, 0.1) is 0 Å². The number of hydrogen-bond acceptors (Lipinski definition) is 7. The summed E-state index contributed by atoms with van der Waals surface area (Å²) in [5.74, 6) is 1.98. The summed E-state index contributed by atoms with van der Waals surface area (Å²) < 4.78 is 26.6. The summed E-state index contributed by atoms with van der Waals surface area (Å²) in [4.78, 5) is 12.1. The molecule has 7 heteroatoms. The van der Waals surface area contributed by atoms with Crippen LogP contribution in [0.15, 0.2) is 30.3 Å². The number of benzene rings is 2. The van der Waals surface area contributed by atoms with Crippen molar-refractivity contribution in [1.29, 1.82) is 0 Å². The van der Waals surface area contributed by atoms with Crippen molar-refractivity contribution in [3.8, 4) is 23.0 Å². The second-order valence-electron chi connectivity index (χ2n) is 5.23. The van der Waals surface area contributed by atoms with Crippen LogP contribution in [0.3, 0.4) is 0 Å². The minimum absolute atomic E-state index is 0.205. The van der Waals surface area contributed by atoms with E-state index in [-0.39, 0.29) is 6.79 Å². The minimum atomic E-state index is -0.463. The predicted octanol–water partition coefficient (Wildman–Crippen LogP) is 2.72. The van der Waals surface area contributed by atoms with Crippen LogP contribution in [0.2, 0.25) is 0 Å². The lowest BCUT2D eigenvalue weighted by atomic mass is 10.1. The molecule has 0 saturated heterocycles. The van der Waals surface area contributed by atoms with Gasteiger partial charge in [-0.05, 0) is 12.1 Å². The van der Waals surface area contributed by atoms with E-state index in [4.69, 9.17) is 23.7 Å². The number of rotatable bonds is 3. The van der Waals surface area contributed by atoms with Crippen molar-refractivity contribution in [3.05, 3.63) is 35.9 Å². The molecule has 2 aromatic carbocycles. The largest absolute Gasteiger partial charge is 0.486 e. The van der Waals surface area contributed by atoms with Crippen LogP contribution < -0.4 is 24.3 Å².